The van der Waals surface area contributed by atoms with Gasteiger partial charge in [0, 0.05) is 17.4 Å². The normalized spacial score (nSPS) is 15.0. The predicted molar refractivity (Wildman–Crippen MR) is 75.3 cm³/mol. The minimum Gasteiger partial charge on any atom is -0.225 e. The van der Waals surface area contributed by atoms with E-state index in [1.165, 1.54) is 22.9 Å². The lowest BCUT2D eigenvalue weighted by atomic mass is 10.3. The number of primary sulfonamides is 1. The summed E-state index contributed by atoms with van der Waals surface area (Å²) in [5, 5.41) is 5.06. The highest BCUT2D eigenvalue weighted by atomic mass is 32.2. The van der Waals surface area contributed by atoms with Crippen molar-refractivity contribution >= 4 is 46.2 Å². The van der Waals surface area contributed by atoms with Gasteiger partial charge in [0.2, 0.25) is 10.0 Å². The van der Waals surface area contributed by atoms with E-state index in [4.69, 9.17) is 5.14 Å². The molecule has 0 amide bonds. The van der Waals surface area contributed by atoms with Crippen LogP contribution in [0.25, 0.3) is 11.0 Å². The number of imidazole rings is 1. The summed E-state index contributed by atoms with van der Waals surface area (Å²) in [7, 11) is -7.29. The lowest BCUT2D eigenvalue weighted by Crippen LogP contribution is -2.14. The zero-order chi connectivity index (χ0) is 14.7. The highest BCUT2D eigenvalue weighted by Gasteiger charge is 2.26. The standard InChI is InChI=1S/C9H8N4O4S3/c1-19(14,15)9-8-11-6-3-2-5(20(10,16)17)4-7(6)13(8)12-18-9/h2-4H,1H3,(H2,10,16,17). The van der Waals surface area contributed by atoms with Gasteiger partial charge in [-0.3, -0.25) is 0 Å². The number of nitrogens with two attached hydrogens (primary N) is 1. The third-order valence-electron chi connectivity index (χ3n) is 2.66. The van der Waals surface area contributed by atoms with E-state index in [1.807, 2.05) is 0 Å². The van der Waals surface area contributed by atoms with Gasteiger partial charge in [0.05, 0.1) is 15.9 Å². The fraction of sp³-hybridized carbons (Fsp3) is 0.111. The molecule has 0 radical (unpaired) electrons. The van der Waals surface area contributed by atoms with Gasteiger partial charge in [-0.25, -0.2) is 31.6 Å². The van der Waals surface area contributed by atoms with Crippen molar-refractivity contribution in [2.75, 3.05) is 6.26 Å². The first kappa shape index (κ1) is 13.4. The second kappa shape index (κ2) is 3.97. The molecule has 0 spiro atoms. The van der Waals surface area contributed by atoms with Crippen LogP contribution in [0.15, 0.2) is 27.6 Å². The number of fused-ring (bicyclic) bond motifs is 3. The Morgan fingerprint density at radius 3 is 2.55 bits per heavy atom. The first-order valence-electron chi connectivity index (χ1n) is 5.19. The van der Waals surface area contributed by atoms with Crippen LogP contribution in [-0.2, 0) is 31.0 Å². The molecule has 8 nitrogen and oxygen atoms in total. The van der Waals surface area contributed by atoms with E-state index in [2.05, 4.69) is 9.46 Å². The largest absolute Gasteiger partial charge is 0.238 e. The van der Waals surface area contributed by atoms with Crippen molar-refractivity contribution in [3.05, 3.63) is 24.0 Å². The van der Waals surface area contributed by atoms with Gasteiger partial charge in [0.1, 0.15) is 0 Å². The number of hydrogen-bond acceptors (Lipinski definition) is 6. The van der Waals surface area contributed by atoms with Gasteiger partial charge in [-0.15, -0.1) is 4.47 Å². The molecule has 1 aromatic carbocycles. The van der Waals surface area contributed by atoms with Crippen LogP contribution in [-0.4, -0.2) is 36.9 Å². The van der Waals surface area contributed by atoms with Crippen LogP contribution in [0.1, 0.15) is 5.82 Å². The third kappa shape index (κ3) is 1.98. The van der Waals surface area contributed by atoms with E-state index in [0.29, 0.717) is 11.0 Å². The van der Waals surface area contributed by atoms with Crippen LogP contribution in [0, 0.1) is 0 Å². The first-order chi connectivity index (χ1) is 9.18. The average Bonchev–Trinajstić information content (AvgIpc) is 2.83. The van der Waals surface area contributed by atoms with E-state index < -0.39 is 19.9 Å². The third-order valence-corrected chi connectivity index (χ3v) is 6.15. The van der Waals surface area contributed by atoms with Crippen LogP contribution >= 0.6 is 0 Å². The molecule has 0 bridgehead atoms. The maximum atomic E-state index is 11.6. The van der Waals surface area contributed by atoms with E-state index in [9.17, 15) is 16.8 Å². The lowest BCUT2D eigenvalue weighted by Gasteiger charge is -1.98. The van der Waals surface area contributed by atoms with Crippen molar-refractivity contribution in [3.8, 4) is 0 Å². The van der Waals surface area contributed by atoms with Crippen LogP contribution in [0.2, 0.25) is 0 Å². The Morgan fingerprint density at radius 2 is 1.95 bits per heavy atom. The van der Waals surface area contributed by atoms with Gasteiger partial charge in [0.25, 0.3) is 0 Å². The number of rotatable bonds is 1. The molecule has 2 heterocycles. The molecule has 20 heavy (non-hydrogen) atoms. The molecule has 0 aliphatic carbocycles. The molecule has 0 saturated carbocycles. The van der Waals surface area contributed by atoms with E-state index >= 15 is 0 Å². The maximum absolute atomic E-state index is 11.6. The predicted octanol–water partition coefficient (Wildman–Crippen LogP) is -0.751. The molecule has 2 N–H and O–H groups in total. The van der Waals surface area contributed by atoms with Gasteiger partial charge in [-0.05, 0) is 18.2 Å². The fourth-order valence-electron chi connectivity index (χ4n) is 1.79. The van der Waals surface area contributed by atoms with Gasteiger partial charge in [-0.1, -0.05) is 0 Å². The van der Waals surface area contributed by atoms with E-state index in [-0.39, 0.29) is 14.9 Å². The SMILES string of the molecule is CS(=O)(=O)C1=S=Nn2c1nc1ccc(S(N)(=O)=O)cc12. The highest BCUT2D eigenvalue weighted by Crippen LogP contribution is 2.23. The number of sulfone groups is 1. The van der Waals surface area contributed by atoms with Gasteiger partial charge >= 0.3 is 0 Å². The summed E-state index contributed by atoms with van der Waals surface area (Å²) in [6.07, 6.45) is 1.07. The molecule has 1 aliphatic rings. The Labute approximate surface area is 117 Å². The summed E-state index contributed by atoms with van der Waals surface area (Å²) in [4.78, 5) is 4.08. The molecule has 0 unspecified atom stereocenters. The fourth-order valence-corrected chi connectivity index (χ4v) is 3.96. The highest BCUT2D eigenvalue weighted by molar-refractivity contribution is 8.15. The Hall–Kier alpha value is -1.56. The zero-order valence-corrected chi connectivity index (χ0v) is 12.5. The molecule has 106 valence electrons. The molecule has 0 atom stereocenters. The summed E-state index contributed by atoms with van der Waals surface area (Å²) in [6, 6.07) is 4.09. The monoisotopic (exact) mass is 332 g/mol. The molecule has 0 saturated heterocycles. The number of hydrogen-bond donors (Lipinski definition) is 1. The zero-order valence-electron chi connectivity index (χ0n) is 10.0. The second-order valence-corrected chi connectivity index (χ2v) is 8.70. The Balaban J connectivity index is 2.31. The van der Waals surface area contributed by atoms with Crippen LogP contribution in [0.3, 0.4) is 0 Å². The molecule has 0 fully saturated rings. The number of nitrogens with zero attached hydrogens (tertiary/aromatic N) is 3. The molecule has 2 aromatic rings. The number of benzene rings is 1. The molecule has 1 aromatic heterocycles. The topological polar surface area (TPSA) is 124 Å². The Bertz CT molecular complexity index is 1030. The Kier molecular flexibility index (Phi) is 2.67. The summed E-state index contributed by atoms with van der Waals surface area (Å²) in [5.74, 6) is 0.180. The van der Waals surface area contributed by atoms with Crippen molar-refractivity contribution in [1.82, 2.24) is 9.66 Å². The minimum absolute atomic E-state index is 0.0332. The quantitative estimate of drug-likeness (QED) is 0.688. The second-order valence-electron chi connectivity index (χ2n) is 4.18. The van der Waals surface area contributed by atoms with Crippen molar-refractivity contribution < 1.29 is 16.8 Å². The summed E-state index contributed by atoms with van der Waals surface area (Å²) >= 11 is 0.786. The van der Waals surface area contributed by atoms with Crippen LogP contribution in [0.5, 0.6) is 0 Å². The van der Waals surface area contributed by atoms with Gasteiger partial charge in [-0.2, -0.15) is 0 Å². The van der Waals surface area contributed by atoms with Gasteiger partial charge < -0.3 is 0 Å². The smallest absolute Gasteiger partial charge is 0.225 e. The summed E-state index contributed by atoms with van der Waals surface area (Å²) in [6.45, 7) is 0. The van der Waals surface area contributed by atoms with E-state index in [1.54, 1.807) is 0 Å². The number of aromatic nitrogens is 2. The van der Waals surface area contributed by atoms with Gasteiger partial charge in [0.15, 0.2) is 19.9 Å². The maximum Gasteiger partial charge on any atom is 0.238 e. The number of sulfonamides is 1. The Morgan fingerprint density at radius 1 is 1.25 bits per heavy atom. The van der Waals surface area contributed by atoms with Crippen LogP contribution in [0.4, 0.5) is 0 Å². The summed E-state index contributed by atoms with van der Waals surface area (Å²) < 4.78 is 51.2. The molecular weight excluding hydrogens is 324 g/mol. The minimum atomic E-state index is -3.85. The summed E-state index contributed by atoms with van der Waals surface area (Å²) in [5.41, 5.74) is 0.829. The average molecular weight is 332 g/mol. The van der Waals surface area contributed by atoms with Crippen molar-refractivity contribution in [2.24, 2.45) is 9.61 Å². The van der Waals surface area contributed by atoms with Crippen molar-refractivity contribution in [1.29, 1.82) is 0 Å². The van der Waals surface area contributed by atoms with Crippen molar-refractivity contribution in [2.45, 2.75) is 4.90 Å². The first-order valence-corrected chi connectivity index (χ1v) is 9.40. The van der Waals surface area contributed by atoms with E-state index in [0.717, 1.165) is 17.4 Å². The molecule has 11 heteroatoms. The lowest BCUT2D eigenvalue weighted by molar-refractivity contribution is 0.597. The van der Waals surface area contributed by atoms with Crippen molar-refractivity contribution in [3.63, 3.8) is 0 Å². The molecular formula is C9H8N4O4S3. The molecule has 3 rings (SSSR count). The molecule has 1 aliphatic heterocycles. The van der Waals surface area contributed by atoms with Crippen LogP contribution < -0.4 is 5.14 Å².